The third-order valence-corrected chi connectivity index (χ3v) is 10.2. The Kier molecular flexibility index (Phi) is 11.6. The lowest BCUT2D eigenvalue weighted by Crippen LogP contribution is -2.52. The molecule has 0 bridgehead atoms. The topological polar surface area (TPSA) is 105 Å². The second-order valence-corrected chi connectivity index (χ2v) is 13.4. The van der Waals surface area contributed by atoms with Crippen LogP contribution in [0.1, 0.15) is 45.1 Å². The summed E-state index contributed by atoms with van der Waals surface area (Å²) in [7, 11) is -2.66. The maximum Gasteiger partial charge on any atom is 0.264 e. The van der Waals surface area contributed by atoms with Crippen LogP contribution in [-0.2, 0) is 26.2 Å². The molecule has 1 unspecified atom stereocenters. The van der Waals surface area contributed by atoms with Crippen LogP contribution < -0.4 is 19.1 Å². The van der Waals surface area contributed by atoms with Crippen molar-refractivity contribution in [2.45, 2.75) is 68.0 Å². The van der Waals surface area contributed by atoms with Crippen LogP contribution in [0.5, 0.6) is 11.5 Å². The first-order valence-corrected chi connectivity index (χ1v) is 17.5. The fourth-order valence-electron chi connectivity index (χ4n) is 5.27. The Morgan fingerprint density at radius 1 is 1.02 bits per heavy atom. The SMILES string of the molecule is CCOc1ccccc1N(CC(=O)N(Cc1cccc(OC)c1)C(C)C(=O)NC1CCCC1)S(=O)(=O)c1ccc(SC)cc1. The van der Waals surface area contributed by atoms with Crippen LogP contribution in [0.15, 0.2) is 82.6 Å². The summed E-state index contributed by atoms with van der Waals surface area (Å²) in [4.78, 5) is 30.1. The zero-order chi connectivity index (χ0) is 31.7. The van der Waals surface area contributed by atoms with Gasteiger partial charge >= 0.3 is 0 Å². The zero-order valence-electron chi connectivity index (χ0n) is 25.7. The fraction of sp³-hybridized carbons (Fsp3) is 0.394. The molecule has 1 aliphatic rings. The van der Waals surface area contributed by atoms with E-state index in [0.29, 0.717) is 18.1 Å². The van der Waals surface area contributed by atoms with E-state index in [2.05, 4.69) is 5.32 Å². The molecule has 236 valence electrons. The number of carbonyl (C=O) groups excluding carboxylic acids is 2. The second-order valence-electron chi connectivity index (χ2n) is 10.6. The number of hydrogen-bond acceptors (Lipinski definition) is 7. The molecule has 0 radical (unpaired) electrons. The van der Waals surface area contributed by atoms with E-state index in [1.807, 2.05) is 25.3 Å². The number of hydrogen-bond donors (Lipinski definition) is 1. The quantitative estimate of drug-likeness (QED) is 0.233. The molecule has 44 heavy (non-hydrogen) atoms. The number of ether oxygens (including phenoxy) is 2. The Hall–Kier alpha value is -3.70. The number of rotatable bonds is 14. The highest BCUT2D eigenvalue weighted by Crippen LogP contribution is 2.33. The highest BCUT2D eigenvalue weighted by molar-refractivity contribution is 7.98. The number of anilines is 1. The largest absolute Gasteiger partial charge is 0.497 e. The minimum absolute atomic E-state index is 0.0424. The maximum absolute atomic E-state index is 14.3. The van der Waals surface area contributed by atoms with Gasteiger partial charge in [0.2, 0.25) is 11.8 Å². The number of sulfonamides is 1. The highest BCUT2D eigenvalue weighted by atomic mass is 32.2. The van der Waals surface area contributed by atoms with E-state index in [4.69, 9.17) is 9.47 Å². The van der Waals surface area contributed by atoms with Gasteiger partial charge < -0.3 is 19.7 Å². The summed E-state index contributed by atoms with van der Waals surface area (Å²) in [5.74, 6) is 0.141. The summed E-state index contributed by atoms with van der Waals surface area (Å²) in [6, 6.07) is 19.7. The first kappa shape index (κ1) is 33.2. The third kappa shape index (κ3) is 8.06. The average Bonchev–Trinajstić information content (AvgIpc) is 3.55. The molecule has 3 aromatic carbocycles. The van der Waals surface area contributed by atoms with Crippen molar-refractivity contribution in [2.75, 3.05) is 30.8 Å². The molecule has 0 heterocycles. The summed E-state index contributed by atoms with van der Waals surface area (Å²) in [6.07, 6.45) is 5.81. The number of thioether (sulfide) groups is 1. The van der Waals surface area contributed by atoms with Crippen LogP contribution in [-0.4, -0.2) is 63.7 Å². The van der Waals surface area contributed by atoms with E-state index in [0.717, 1.165) is 40.4 Å². The molecule has 4 rings (SSSR count). The number of nitrogens with one attached hydrogen (secondary N) is 1. The first-order chi connectivity index (χ1) is 21.2. The molecule has 1 atom stereocenters. The van der Waals surface area contributed by atoms with Crippen LogP contribution >= 0.6 is 11.8 Å². The van der Waals surface area contributed by atoms with E-state index in [-0.39, 0.29) is 29.1 Å². The minimum Gasteiger partial charge on any atom is -0.497 e. The highest BCUT2D eigenvalue weighted by Gasteiger charge is 2.34. The Morgan fingerprint density at radius 2 is 1.73 bits per heavy atom. The monoisotopic (exact) mass is 639 g/mol. The molecule has 1 saturated carbocycles. The van der Waals surface area contributed by atoms with Crippen LogP contribution in [0.2, 0.25) is 0 Å². The lowest BCUT2D eigenvalue weighted by atomic mass is 10.1. The Bertz CT molecular complexity index is 1520. The summed E-state index contributed by atoms with van der Waals surface area (Å²) in [5, 5.41) is 3.09. The summed E-state index contributed by atoms with van der Waals surface area (Å²) in [6.45, 7) is 3.33. The van der Waals surface area contributed by atoms with Crippen molar-refractivity contribution in [2.24, 2.45) is 0 Å². The van der Waals surface area contributed by atoms with Gasteiger partial charge in [-0.1, -0.05) is 37.1 Å². The van der Waals surface area contributed by atoms with Gasteiger partial charge in [0.15, 0.2) is 0 Å². The van der Waals surface area contributed by atoms with Gasteiger partial charge in [-0.25, -0.2) is 8.42 Å². The van der Waals surface area contributed by atoms with Gasteiger partial charge in [0.1, 0.15) is 24.1 Å². The van der Waals surface area contributed by atoms with Crippen molar-refractivity contribution in [3.63, 3.8) is 0 Å². The first-order valence-electron chi connectivity index (χ1n) is 14.8. The number of para-hydroxylation sites is 2. The van der Waals surface area contributed by atoms with Crippen LogP contribution in [0.4, 0.5) is 5.69 Å². The molecule has 1 fully saturated rings. The molecule has 1 N–H and O–H groups in total. The van der Waals surface area contributed by atoms with Gasteiger partial charge in [0.05, 0.1) is 24.3 Å². The van der Waals surface area contributed by atoms with E-state index >= 15 is 0 Å². The lowest BCUT2D eigenvalue weighted by molar-refractivity contribution is -0.139. The number of amides is 2. The normalized spacial score (nSPS) is 14.1. The maximum atomic E-state index is 14.3. The van der Waals surface area contributed by atoms with E-state index in [9.17, 15) is 18.0 Å². The van der Waals surface area contributed by atoms with Gasteiger partial charge in [-0.05, 0) is 87.0 Å². The zero-order valence-corrected chi connectivity index (χ0v) is 27.3. The average molecular weight is 640 g/mol. The van der Waals surface area contributed by atoms with E-state index in [1.165, 1.54) is 28.8 Å². The van der Waals surface area contributed by atoms with Crippen molar-refractivity contribution >= 4 is 39.3 Å². The molecule has 0 saturated heterocycles. The van der Waals surface area contributed by atoms with Crippen LogP contribution in [0, 0.1) is 0 Å². The van der Waals surface area contributed by atoms with Crippen molar-refractivity contribution in [1.29, 1.82) is 0 Å². The van der Waals surface area contributed by atoms with Crippen LogP contribution in [0.25, 0.3) is 0 Å². The van der Waals surface area contributed by atoms with Crippen molar-refractivity contribution in [1.82, 2.24) is 10.2 Å². The number of benzene rings is 3. The summed E-state index contributed by atoms with van der Waals surface area (Å²) >= 11 is 1.50. The summed E-state index contributed by atoms with van der Waals surface area (Å²) in [5.41, 5.74) is 0.982. The molecule has 0 aromatic heterocycles. The van der Waals surface area contributed by atoms with Gasteiger partial charge in [0.25, 0.3) is 10.0 Å². The second kappa shape index (κ2) is 15.3. The Labute approximate surface area is 265 Å². The minimum atomic E-state index is -4.22. The molecular weight excluding hydrogens is 599 g/mol. The predicted molar refractivity (Wildman–Crippen MR) is 174 cm³/mol. The predicted octanol–water partition coefficient (Wildman–Crippen LogP) is 5.49. The van der Waals surface area contributed by atoms with E-state index < -0.39 is 28.5 Å². The molecular formula is C33H41N3O6S2. The Morgan fingerprint density at radius 3 is 2.39 bits per heavy atom. The molecule has 9 nitrogen and oxygen atoms in total. The molecule has 0 spiro atoms. The smallest absolute Gasteiger partial charge is 0.264 e. The molecule has 0 aliphatic heterocycles. The lowest BCUT2D eigenvalue weighted by Gasteiger charge is -2.33. The van der Waals surface area contributed by atoms with E-state index in [1.54, 1.807) is 62.6 Å². The molecule has 2 amide bonds. The van der Waals surface area contributed by atoms with Gasteiger partial charge in [-0.3, -0.25) is 13.9 Å². The summed E-state index contributed by atoms with van der Waals surface area (Å²) < 4.78 is 40.7. The third-order valence-electron chi connectivity index (χ3n) is 7.72. The standard InChI is InChI=1S/C33H41N3O6S2/c1-5-42-31-16-9-8-15-30(31)36(44(39,40)29-19-17-28(43-4)18-20-29)23-32(37)35(22-25-11-10-14-27(21-25)41-3)24(2)33(38)34-26-12-6-7-13-26/h8-11,14-21,24,26H,5-7,12-13,22-23H2,1-4H3,(H,34,38). The van der Waals surface area contributed by atoms with Crippen LogP contribution in [0.3, 0.4) is 0 Å². The fourth-order valence-corrected chi connectivity index (χ4v) is 7.10. The van der Waals surface area contributed by atoms with Crippen molar-refractivity contribution in [3.05, 3.63) is 78.4 Å². The van der Waals surface area contributed by atoms with Gasteiger partial charge in [-0.15, -0.1) is 11.8 Å². The van der Waals surface area contributed by atoms with Crippen molar-refractivity contribution < 1.29 is 27.5 Å². The van der Waals surface area contributed by atoms with Crippen molar-refractivity contribution in [3.8, 4) is 11.5 Å². The van der Waals surface area contributed by atoms with Gasteiger partial charge in [-0.2, -0.15) is 0 Å². The Balaban J connectivity index is 1.73. The number of nitrogens with zero attached hydrogens (tertiary/aromatic N) is 2. The van der Waals surface area contributed by atoms with Gasteiger partial charge in [0, 0.05) is 17.5 Å². The number of carbonyl (C=O) groups is 2. The molecule has 1 aliphatic carbocycles. The number of methoxy groups -OCH3 is 1. The molecule has 11 heteroatoms. The molecule has 3 aromatic rings.